The number of aliphatic hydroxyl groups excluding tert-OH is 1. The Morgan fingerprint density at radius 1 is 1.43 bits per heavy atom. The van der Waals surface area contributed by atoms with Crippen LogP contribution in [0.4, 0.5) is 5.69 Å². The Kier molecular flexibility index (Phi) is 2.38. The van der Waals surface area contributed by atoms with Crippen molar-refractivity contribution in [3.8, 4) is 6.07 Å². The molecule has 1 saturated carbocycles. The first-order valence-corrected chi connectivity index (χ1v) is 4.72. The predicted octanol–water partition coefficient (Wildman–Crippen LogP) is 1.49. The van der Waals surface area contributed by atoms with Gasteiger partial charge in [0.2, 0.25) is 0 Å². The van der Waals surface area contributed by atoms with Crippen LogP contribution >= 0.6 is 0 Å². The van der Waals surface area contributed by atoms with E-state index in [1.807, 2.05) is 18.2 Å². The molecule has 0 radical (unpaired) electrons. The third-order valence-corrected chi connectivity index (χ3v) is 2.48. The smallest absolute Gasteiger partial charge is 0.0992 e. The third kappa shape index (κ3) is 1.86. The Bertz CT molecular complexity index is 364. The van der Waals surface area contributed by atoms with Crippen molar-refractivity contribution in [2.24, 2.45) is 0 Å². The van der Waals surface area contributed by atoms with Gasteiger partial charge in [-0.05, 0) is 31.0 Å². The zero-order valence-electron chi connectivity index (χ0n) is 7.77. The van der Waals surface area contributed by atoms with E-state index in [1.165, 1.54) is 0 Å². The maximum atomic E-state index is 9.10. The van der Waals surface area contributed by atoms with E-state index in [0.29, 0.717) is 11.6 Å². The maximum absolute atomic E-state index is 9.10. The fraction of sp³-hybridized carbons (Fsp3) is 0.364. The number of aliphatic hydroxyl groups is 1. The summed E-state index contributed by atoms with van der Waals surface area (Å²) >= 11 is 0. The molecule has 1 aliphatic carbocycles. The normalized spacial score (nSPS) is 24.9. The zero-order valence-corrected chi connectivity index (χ0v) is 7.77. The fourth-order valence-electron chi connectivity index (χ4n) is 1.62. The van der Waals surface area contributed by atoms with Crippen LogP contribution in [0.5, 0.6) is 0 Å². The molecule has 0 saturated heterocycles. The van der Waals surface area contributed by atoms with E-state index < -0.39 is 0 Å². The van der Waals surface area contributed by atoms with Gasteiger partial charge in [-0.15, -0.1) is 0 Å². The quantitative estimate of drug-likeness (QED) is 0.739. The van der Waals surface area contributed by atoms with Crippen LogP contribution in [0.15, 0.2) is 24.3 Å². The highest BCUT2D eigenvalue weighted by Crippen LogP contribution is 2.24. The van der Waals surface area contributed by atoms with Crippen molar-refractivity contribution >= 4 is 5.69 Å². The lowest BCUT2D eigenvalue weighted by molar-refractivity contribution is 0.0836. The first-order chi connectivity index (χ1) is 6.78. The summed E-state index contributed by atoms with van der Waals surface area (Å²) in [5.74, 6) is 0. The third-order valence-electron chi connectivity index (χ3n) is 2.48. The van der Waals surface area contributed by atoms with Crippen LogP contribution in [-0.2, 0) is 0 Å². The summed E-state index contributed by atoms with van der Waals surface area (Å²) in [6.45, 7) is 0. The van der Waals surface area contributed by atoms with Gasteiger partial charge < -0.3 is 10.4 Å². The van der Waals surface area contributed by atoms with Crippen LogP contribution in [0.1, 0.15) is 18.4 Å². The highest BCUT2D eigenvalue weighted by molar-refractivity contribution is 5.50. The summed E-state index contributed by atoms with van der Waals surface area (Å²) in [5.41, 5.74) is 1.62. The van der Waals surface area contributed by atoms with Gasteiger partial charge in [0, 0.05) is 11.7 Å². The number of nitrogens with one attached hydrogen (secondary N) is 1. The fourth-order valence-corrected chi connectivity index (χ4v) is 1.62. The van der Waals surface area contributed by atoms with Gasteiger partial charge in [0.15, 0.2) is 0 Å². The van der Waals surface area contributed by atoms with Gasteiger partial charge in [0.25, 0.3) is 0 Å². The first-order valence-electron chi connectivity index (χ1n) is 4.72. The number of hydrogen-bond donors (Lipinski definition) is 2. The Balaban J connectivity index is 2.00. The number of nitriles is 1. The van der Waals surface area contributed by atoms with Crippen molar-refractivity contribution in [1.29, 1.82) is 5.26 Å². The second kappa shape index (κ2) is 3.69. The highest BCUT2D eigenvalue weighted by Gasteiger charge is 2.26. The molecule has 3 heteroatoms. The van der Waals surface area contributed by atoms with Crippen molar-refractivity contribution < 1.29 is 5.11 Å². The largest absolute Gasteiger partial charge is 0.393 e. The van der Waals surface area contributed by atoms with E-state index in [-0.39, 0.29) is 6.10 Å². The van der Waals surface area contributed by atoms with Gasteiger partial charge >= 0.3 is 0 Å². The molecule has 0 unspecified atom stereocenters. The SMILES string of the molecule is N#Cc1cccc(NC2CC(O)C2)c1. The average molecular weight is 188 g/mol. The lowest BCUT2D eigenvalue weighted by Crippen LogP contribution is -2.38. The van der Waals surface area contributed by atoms with Gasteiger partial charge in [0.05, 0.1) is 17.7 Å². The monoisotopic (exact) mass is 188 g/mol. The topological polar surface area (TPSA) is 56.0 Å². The number of nitrogens with zero attached hydrogens (tertiary/aromatic N) is 1. The van der Waals surface area contributed by atoms with E-state index in [0.717, 1.165) is 18.5 Å². The minimum Gasteiger partial charge on any atom is -0.393 e. The molecule has 1 aliphatic rings. The number of anilines is 1. The van der Waals surface area contributed by atoms with E-state index in [4.69, 9.17) is 10.4 Å². The Hall–Kier alpha value is -1.53. The molecule has 1 fully saturated rings. The first kappa shape index (κ1) is 9.04. The van der Waals surface area contributed by atoms with E-state index >= 15 is 0 Å². The minimum absolute atomic E-state index is 0.147. The summed E-state index contributed by atoms with van der Waals surface area (Å²) in [6, 6.07) is 9.85. The molecule has 2 rings (SSSR count). The molecule has 0 aromatic heterocycles. The summed E-state index contributed by atoms with van der Waals surface area (Å²) < 4.78 is 0. The summed E-state index contributed by atoms with van der Waals surface area (Å²) in [7, 11) is 0. The molecule has 3 nitrogen and oxygen atoms in total. The van der Waals surface area contributed by atoms with Crippen molar-refractivity contribution in [2.75, 3.05) is 5.32 Å². The summed E-state index contributed by atoms with van der Waals surface area (Å²) in [5, 5.41) is 21.1. The molecule has 0 bridgehead atoms. The molecule has 72 valence electrons. The van der Waals surface area contributed by atoms with Gasteiger partial charge in [-0.3, -0.25) is 0 Å². The summed E-state index contributed by atoms with van der Waals surface area (Å²) in [6.07, 6.45) is 1.46. The van der Waals surface area contributed by atoms with Crippen LogP contribution in [0.25, 0.3) is 0 Å². The molecule has 14 heavy (non-hydrogen) atoms. The molecule has 0 heterocycles. The Morgan fingerprint density at radius 2 is 2.21 bits per heavy atom. The average Bonchev–Trinajstić information content (AvgIpc) is 2.16. The Labute approximate surface area is 83.0 Å². The van der Waals surface area contributed by atoms with Gasteiger partial charge in [-0.25, -0.2) is 0 Å². The van der Waals surface area contributed by atoms with Crippen LogP contribution in [0.3, 0.4) is 0 Å². The van der Waals surface area contributed by atoms with E-state index in [9.17, 15) is 0 Å². The molecule has 0 atom stereocenters. The maximum Gasteiger partial charge on any atom is 0.0992 e. The second-order valence-corrected chi connectivity index (χ2v) is 3.66. The molecule has 0 spiro atoms. The van der Waals surface area contributed by atoms with Gasteiger partial charge in [-0.2, -0.15) is 5.26 Å². The van der Waals surface area contributed by atoms with Gasteiger partial charge in [0.1, 0.15) is 0 Å². The van der Waals surface area contributed by atoms with Gasteiger partial charge in [-0.1, -0.05) is 6.07 Å². The van der Waals surface area contributed by atoms with Crippen molar-refractivity contribution in [1.82, 2.24) is 0 Å². The Morgan fingerprint density at radius 3 is 2.86 bits per heavy atom. The van der Waals surface area contributed by atoms with Crippen molar-refractivity contribution in [2.45, 2.75) is 25.0 Å². The van der Waals surface area contributed by atoms with Crippen molar-refractivity contribution in [3.63, 3.8) is 0 Å². The van der Waals surface area contributed by atoms with Crippen LogP contribution < -0.4 is 5.32 Å². The number of hydrogen-bond acceptors (Lipinski definition) is 3. The molecule has 1 aromatic carbocycles. The molecule has 1 aromatic rings. The standard InChI is InChI=1S/C11H12N2O/c12-7-8-2-1-3-9(4-8)13-10-5-11(14)6-10/h1-4,10-11,13-14H,5-6H2. The zero-order chi connectivity index (χ0) is 9.97. The van der Waals surface area contributed by atoms with E-state index in [1.54, 1.807) is 6.07 Å². The molecular weight excluding hydrogens is 176 g/mol. The molecular formula is C11H12N2O. The number of rotatable bonds is 2. The molecule has 2 N–H and O–H groups in total. The predicted molar refractivity (Wildman–Crippen MR) is 53.8 cm³/mol. The highest BCUT2D eigenvalue weighted by atomic mass is 16.3. The lowest BCUT2D eigenvalue weighted by atomic mass is 9.89. The van der Waals surface area contributed by atoms with Crippen LogP contribution in [0.2, 0.25) is 0 Å². The molecule has 0 amide bonds. The molecule has 0 aliphatic heterocycles. The van der Waals surface area contributed by atoms with Crippen LogP contribution in [-0.4, -0.2) is 17.3 Å². The minimum atomic E-state index is -0.147. The number of benzene rings is 1. The lowest BCUT2D eigenvalue weighted by Gasteiger charge is -2.32. The van der Waals surface area contributed by atoms with Crippen molar-refractivity contribution in [3.05, 3.63) is 29.8 Å². The van der Waals surface area contributed by atoms with Crippen LogP contribution in [0, 0.1) is 11.3 Å². The summed E-state index contributed by atoms with van der Waals surface area (Å²) in [4.78, 5) is 0. The van der Waals surface area contributed by atoms with E-state index in [2.05, 4.69) is 11.4 Å². The second-order valence-electron chi connectivity index (χ2n) is 3.66.